The highest BCUT2D eigenvalue weighted by Crippen LogP contribution is 2.18. The average Bonchev–Trinajstić information content (AvgIpc) is 2.88. The van der Waals surface area contributed by atoms with E-state index >= 15 is 0 Å². The topological polar surface area (TPSA) is 64.4 Å². The molecule has 1 aromatic rings. The van der Waals surface area contributed by atoms with E-state index in [0.29, 0.717) is 18.9 Å². The van der Waals surface area contributed by atoms with Crippen LogP contribution in [0, 0.1) is 16.0 Å². The summed E-state index contributed by atoms with van der Waals surface area (Å²) in [6.07, 6.45) is 1.75. The maximum absolute atomic E-state index is 10.8. The second-order valence-corrected chi connectivity index (χ2v) is 4.57. The molecule has 1 saturated heterocycles. The zero-order valence-electron chi connectivity index (χ0n) is 10.3. The van der Waals surface area contributed by atoms with Crippen molar-refractivity contribution in [1.82, 2.24) is 5.32 Å². The highest BCUT2D eigenvalue weighted by atomic mass is 16.6. The van der Waals surface area contributed by atoms with E-state index in [4.69, 9.17) is 4.74 Å². The Morgan fingerprint density at radius 1 is 1.44 bits per heavy atom. The number of nitrogens with one attached hydrogen (secondary N) is 1. The van der Waals surface area contributed by atoms with E-state index < -0.39 is 0 Å². The molecule has 1 N–H and O–H groups in total. The molecule has 1 atom stereocenters. The van der Waals surface area contributed by atoms with Gasteiger partial charge in [0.05, 0.1) is 18.1 Å². The molecule has 2 rings (SSSR count). The molecule has 1 aliphatic rings. The number of rotatable bonds is 6. The van der Waals surface area contributed by atoms with Crippen LogP contribution < -0.4 is 5.32 Å². The Bertz CT molecular complexity index is 403. The van der Waals surface area contributed by atoms with E-state index in [0.717, 1.165) is 31.7 Å². The van der Waals surface area contributed by atoms with Crippen molar-refractivity contribution in [1.29, 1.82) is 0 Å². The van der Waals surface area contributed by atoms with Crippen molar-refractivity contribution in [3.8, 4) is 0 Å². The van der Waals surface area contributed by atoms with Gasteiger partial charge in [-0.05, 0) is 18.9 Å². The first-order valence-electron chi connectivity index (χ1n) is 6.28. The molecule has 0 bridgehead atoms. The van der Waals surface area contributed by atoms with Crippen LogP contribution in [-0.4, -0.2) is 31.2 Å². The van der Waals surface area contributed by atoms with Crippen LogP contribution in [0.5, 0.6) is 0 Å². The van der Waals surface area contributed by atoms with Gasteiger partial charge in [0.15, 0.2) is 0 Å². The summed E-state index contributed by atoms with van der Waals surface area (Å²) in [5.74, 6) is 0.593. The average molecular weight is 250 g/mol. The van der Waals surface area contributed by atoms with Gasteiger partial charge in [-0.1, -0.05) is 18.2 Å². The lowest BCUT2D eigenvalue weighted by molar-refractivity contribution is -0.385. The molecule has 1 heterocycles. The second kappa shape index (κ2) is 6.47. The van der Waals surface area contributed by atoms with Crippen LogP contribution in [0.3, 0.4) is 0 Å². The molecule has 5 heteroatoms. The summed E-state index contributed by atoms with van der Waals surface area (Å²) in [6, 6.07) is 6.84. The molecule has 98 valence electrons. The van der Waals surface area contributed by atoms with Gasteiger partial charge < -0.3 is 10.1 Å². The van der Waals surface area contributed by atoms with Crippen molar-refractivity contribution in [2.24, 2.45) is 5.92 Å². The van der Waals surface area contributed by atoms with E-state index in [9.17, 15) is 10.1 Å². The van der Waals surface area contributed by atoms with Gasteiger partial charge in [-0.3, -0.25) is 10.1 Å². The van der Waals surface area contributed by atoms with Crippen molar-refractivity contribution < 1.29 is 9.66 Å². The van der Waals surface area contributed by atoms with E-state index in [1.165, 1.54) is 6.07 Å². The lowest BCUT2D eigenvalue weighted by Crippen LogP contribution is -2.14. The number of nitrogens with zero attached hydrogens (tertiary/aromatic N) is 1. The summed E-state index contributed by atoms with van der Waals surface area (Å²) in [6.45, 7) is 3.37. The van der Waals surface area contributed by atoms with Crippen LogP contribution in [0.2, 0.25) is 0 Å². The van der Waals surface area contributed by atoms with Crippen molar-refractivity contribution in [2.45, 2.75) is 12.8 Å². The monoisotopic (exact) mass is 250 g/mol. The molecule has 0 radical (unpaired) electrons. The summed E-state index contributed by atoms with van der Waals surface area (Å²) in [5, 5.41) is 14.1. The largest absolute Gasteiger partial charge is 0.381 e. The SMILES string of the molecule is O=[N+]([O-])c1ccccc1CCOCC1CCNC1. The molecule has 0 aromatic heterocycles. The van der Waals surface area contributed by atoms with Gasteiger partial charge in [-0.2, -0.15) is 0 Å². The van der Waals surface area contributed by atoms with E-state index in [-0.39, 0.29) is 10.6 Å². The quantitative estimate of drug-likeness (QED) is 0.474. The zero-order valence-corrected chi connectivity index (χ0v) is 10.3. The molecule has 1 aromatic carbocycles. The fourth-order valence-electron chi connectivity index (χ4n) is 2.19. The number of benzene rings is 1. The first kappa shape index (κ1) is 13.0. The van der Waals surface area contributed by atoms with Crippen LogP contribution in [-0.2, 0) is 11.2 Å². The van der Waals surface area contributed by atoms with Crippen LogP contribution in [0.4, 0.5) is 5.69 Å². The first-order chi connectivity index (χ1) is 8.77. The van der Waals surface area contributed by atoms with E-state index in [1.807, 2.05) is 6.07 Å². The van der Waals surface area contributed by atoms with Crippen molar-refractivity contribution in [3.63, 3.8) is 0 Å². The van der Waals surface area contributed by atoms with Gasteiger partial charge in [-0.15, -0.1) is 0 Å². The summed E-state index contributed by atoms with van der Waals surface area (Å²) in [7, 11) is 0. The highest BCUT2D eigenvalue weighted by molar-refractivity contribution is 5.39. The smallest absolute Gasteiger partial charge is 0.272 e. The molecule has 0 saturated carbocycles. The van der Waals surface area contributed by atoms with Crippen molar-refractivity contribution in [2.75, 3.05) is 26.3 Å². The molecule has 1 unspecified atom stereocenters. The minimum Gasteiger partial charge on any atom is -0.381 e. The molecular weight excluding hydrogens is 232 g/mol. The first-order valence-corrected chi connectivity index (χ1v) is 6.28. The van der Waals surface area contributed by atoms with E-state index in [2.05, 4.69) is 5.32 Å². The number of nitro groups is 1. The Hall–Kier alpha value is -1.46. The standard InChI is InChI=1S/C13H18N2O3/c16-15(17)13-4-2-1-3-12(13)6-8-18-10-11-5-7-14-9-11/h1-4,11,14H,5-10H2. The summed E-state index contributed by atoms with van der Waals surface area (Å²) >= 11 is 0. The lowest BCUT2D eigenvalue weighted by Gasteiger charge is -2.09. The Kier molecular flexibility index (Phi) is 4.66. The highest BCUT2D eigenvalue weighted by Gasteiger charge is 2.15. The fraction of sp³-hybridized carbons (Fsp3) is 0.538. The molecule has 1 aliphatic heterocycles. The van der Waals surface area contributed by atoms with Crippen molar-refractivity contribution >= 4 is 5.69 Å². The van der Waals surface area contributed by atoms with Gasteiger partial charge in [0.1, 0.15) is 0 Å². The Balaban J connectivity index is 1.77. The molecule has 18 heavy (non-hydrogen) atoms. The number of ether oxygens (including phenoxy) is 1. The van der Waals surface area contributed by atoms with Gasteiger partial charge >= 0.3 is 0 Å². The van der Waals surface area contributed by atoms with Crippen LogP contribution in [0.15, 0.2) is 24.3 Å². The van der Waals surface area contributed by atoms with Gasteiger partial charge in [-0.25, -0.2) is 0 Å². The zero-order chi connectivity index (χ0) is 12.8. The van der Waals surface area contributed by atoms with E-state index in [1.54, 1.807) is 12.1 Å². The number of nitro benzene ring substituents is 1. The number of hydrogen-bond acceptors (Lipinski definition) is 4. The molecule has 1 fully saturated rings. The molecule has 0 amide bonds. The maximum atomic E-state index is 10.8. The molecule has 0 spiro atoms. The number of hydrogen-bond donors (Lipinski definition) is 1. The Labute approximate surface area is 106 Å². The Morgan fingerprint density at radius 3 is 3.00 bits per heavy atom. The summed E-state index contributed by atoms with van der Waals surface area (Å²) in [5.41, 5.74) is 0.927. The van der Waals surface area contributed by atoms with Crippen LogP contribution >= 0.6 is 0 Å². The lowest BCUT2D eigenvalue weighted by atomic mass is 10.1. The minimum absolute atomic E-state index is 0.184. The van der Waals surface area contributed by atoms with Gasteiger partial charge in [0.2, 0.25) is 0 Å². The number of para-hydroxylation sites is 1. The minimum atomic E-state index is -0.337. The normalized spacial score (nSPS) is 19.0. The Morgan fingerprint density at radius 2 is 2.28 bits per heavy atom. The molecular formula is C13H18N2O3. The predicted molar refractivity (Wildman–Crippen MR) is 68.6 cm³/mol. The van der Waals surface area contributed by atoms with Gasteiger partial charge in [0, 0.05) is 24.6 Å². The summed E-state index contributed by atoms with van der Waals surface area (Å²) in [4.78, 5) is 10.5. The van der Waals surface area contributed by atoms with Crippen LogP contribution in [0.1, 0.15) is 12.0 Å². The van der Waals surface area contributed by atoms with Crippen molar-refractivity contribution in [3.05, 3.63) is 39.9 Å². The fourth-order valence-corrected chi connectivity index (χ4v) is 2.19. The molecule has 5 nitrogen and oxygen atoms in total. The van der Waals surface area contributed by atoms with Gasteiger partial charge in [0.25, 0.3) is 5.69 Å². The third-order valence-electron chi connectivity index (χ3n) is 3.22. The summed E-state index contributed by atoms with van der Waals surface area (Å²) < 4.78 is 5.59. The second-order valence-electron chi connectivity index (χ2n) is 4.57. The predicted octanol–water partition coefficient (Wildman–Crippen LogP) is 1.76. The third-order valence-corrected chi connectivity index (χ3v) is 3.22. The van der Waals surface area contributed by atoms with Crippen LogP contribution in [0.25, 0.3) is 0 Å². The molecule has 0 aliphatic carbocycles. The third kappa shape index (κ3) is 3.51. The maximum Gasteiger partial charge on any atom is 0.272 e.